The first-order valence-corrected chi connectivity index (χ1v) is 13.1. The van der Waals surface area contributed by atoms with Gasteiger partial charge in [0.05, 0.1) is 30.5 Å². The van der Waals surface area contributed by atoms with Crippen LogP contribution in [0.5, 0.6) is 17.4 Å². The number of hydrogen-bond donors (Lipinski definition) is 2. The van der Waals surface area contributed by atoms with Crippen molar-refractivity contribution in [1.29, 1.82) is 0 Å². The number of methoxy groups -OCH3 is 1. The molecule has 8 nitrogen and oxygen atoms in total. The Morgan fingerprint density at radius 1 is 1.03 bits per heavy atom. The number of rotatable bonds is 8. The Morgan fingerprint density at radius 2 is 1.74 bits per heavy atom. The van der Waals surface area contributed by atoms with Crippen LogP contribution >= 0.6 is 15.9 Å². The van der Waals surface area contributed by atoms with Crippen LogP contribution in [0.15, 0.2) is 83.5 Å². The van der Waals surface area contributed by atoms with Crippen LogP contribution in [0.25, 0.3) is 16.6 Å². The van der Waals surface area contributed by atoms with Crippen LogP contribution in [0.3, 0.4) is 0 Å². The van der Waals surface area contributed by atoms with Crippen molar-refractivity contribution in [2.75, 3.05) is 24.8 Å². The first-order chi connectivity index (χ1) is 18.9. The minimum atomic E-state index is -0.392. The Labute approximate surface area is 234 Å². The highest BCUT2D eigenvalue weighted by molar-refractivity contribution is 9.10. The number of ether oxygens (including phenoxy) is 3. The Bertz CT molecular complexity index is 1650. The number of carbonyl (C=O) groups is 1. The van der Waals surface area contributed by atoms with Gasteiger partial charge in [-0.15, -0.1) is 0 Å². The van der Waals surface area contributed by atoms with Crippen molar-refractivity contribution >= 4 is 49.9 Å². The number of hydrogen-bond acceptors (Lipinski definition) is 7. The summed E-state index contributed by atoms with van der Waals surface area (Å²) in [5.41, 5.74) is 11.3. The molecule has 0 bridgehead atoms. The molecule has 0 fully saturated rings. The molecule has 0 saturated heterocycles. The summed E-state index contributed by atoms with van der Waals surface area (Å²) in [4.78, 5) is 17.4. The molecule has 0 aliphatic rings. The molecule has 2 aromatic heterocycles. The van der Waals surface area contributed by atoms with Gasteiger partial charge in [0.2, 0.25) is 5.88 Å². The van der Waals surface area contributed by atoms with E-state index in [4.69, 9.17) is 19.9 Å². The largest absolute Gasteiger partial charge is 0.497 e. The Hall–Kier alpha value is -4.50. The minimum Gasteiger partial charge on any atom is -0.497 e. The van der Waals surface area contributed by atoms with E-state index in [9.17, 15) is 4.79 Å². The maximum Gasteiger partial charge on any atom is 0.340 e. The number of nitrogens with zero attached hydrogens (tertiary/aromatic N) is 2. The van der Waals surface area contributed by atoms with Gasteiger partial charge in [-0.25, -0.2) is 9.78 Å². The Morgan fingerprint density at radius 3 is 2.44 bits per heavy atom. The van der Waals surface area contributed by atoms with E-state index in [0.717, 1.165) is 32.8 Å². The van der Waals surface area contributed by atoms with Crippen molar-refractivity contribution in [1.82, 2.24) is 9.55 Å². The second-order valence-corrected chi connectivity index (χ2v) is 9.62. The smallest absolute Gasteiger partial charge is 0.340 e. The molecule has 3 N–H and O–H groups in total. The first kappa shape index (κ1) is 26.1. The summed E-state index contributed by atoms with van der Waals surface area (Å²) < 4.78 is 19.8. The number of nitrogens with two attached hydrogens (primary N) is 1. The molecule has 39 heavy (non-hydrogen) atoms. The van der Waals surface area contributed by atoms with Crippen LogP contribution < -0.4 is 20.5 Å². The lowest BCUT2D eigenvalue weighted by Gasteiger charge is -2.13. The van der Waals surface area contributed by atoms with E-state index in [1.54, 1.807) is 26.3 Å². The van der Waals surface area contributed by atoms with Crippen molar-refractivity contribution in [2.24, 2.45) is 0 Å². The molecule has 3 aromatic carbocycles. The zero-order valence-electron chi connectivity index (χ0n) is 21.7. The lowest BCUT2D eigenvalue weighted by atomic mass is 10.1. The number of benzene rings is 3. The number of pyridine rings is 1. The van der Waals surface area contributed by atoms with Crippen molar-refractivity contribution in [3.63, 3.8) is 0 Å². The number of anilines is 3. The highest BCUT2D eigenvalue weighted by Crippen LogP contribution is 2.37. The van der Waals surface area contributed by atoms with Crippen LogP contribution in [0.2, 0.25) is 0 Å². The predicted molar refractivity (Wildman–Crippen MR) is 157 cm³/mol. The van der Waals surface area contributed by atoms with Gasteiger partial charge in [-0.3, -0.25) is 0 Å². The molecule has 0 saturated carbocycles. The molecule has 0 aliphatic carbocycles. The summed E-state index contributed by atoms with van der Waals surface area (Å²) in [6.45, 7) is 3.97. The van der Waals surface area contributed by atoms with Gasteiger partial charge in [0.15, 0.2) is 0 Å². The highest BCUT2D eigenvalue weighted by atomic mass is 79.9. The quantitative estimate of drug-likeness (QED) is 0.183. The van der Waals surface area contributed by atoms with E-state index in [2.05, 4.69) is 26.2 Å². The van der Waals surface area contributed by atoms with Gasteiger partial charge in [0.1, 0.15) is 17.2 Å². The molecule has 0 radical (unpaired) electrons. The number of aromatic nitrogens is 2. The maximum atomic E-state index is 13.0. The molecular weight excluding hydrogens is 560 g/mol. The van der Waals surface area contributed by atoms with E-state index >= 15 is 0 Å². The lowest BCUT2D eigenvalue weighted by molar-refractivity contribution is 0.0527. The van der Waals surface area contributed by atoms with Crippen molar-refractivity contribution in [2.45, 2.75) is 13.8 Å². The SMILES string of the molecule is CCOC(=O)c1c(C)n(-c2ccc(Br)cc2)c2ccc(Oc3nccc(Nc4ccc(OC)cc4)c3N)cc12. The summed E-state index contributed by atoms with van der Waals surface area (Å²) >= 11 is 3.49. The number of nitrogens with one attached hydrogen (secondary N) is 1. The van der Waals surface area contributed by atoms with Gasteiger partial charge in [-0.1, -0.05) is 15.9 Å². The molecule has 9 heteroatoms. The highest BCUT2D eigenvalue weighted by Gasteiger charge is 2.23. The second-order valence-electron chi connectivity index (χ2n) is 8.70. The standard InChI is InChI=1S/C30H27BrN4O4/c1-4-38-30(36)27-18(2)35(21-9-5-19(31)6-10-21)26-14-13-23(17-24(26)27)39-29-28(32)25(15-16-33-29)34-20-7-11-22(37-3)12-8-20/h5-17H,4,32H2,1-3H3,(H,33,34). The molecule has 5 rings (SSSR count). The van der Waals surface area contributed by atoms with Crippen LogP contribution in [0, 0.1) is 6.92 Å². The molecular formula is C30H27BrN4O4. The van der Waals surface area contributed by atoms with Gasteiger partial charge in [-0.05, 0) is 86.6 Å². The normalized spacial score (nSPS) is 10.9. The fourth-order valence-corrected chi connectivity index (χ4v) is 4.70. The predicted octanol–water partition coefficient (Wildman–Crippen LogP) is 7.40. The number of esters is 1. The van der Waals surface area contributed by atoms with E-state index in [0.29, 0.717) is 28.1 Å². The number of halogens is 1. The molecule has 0 amide bonds. The van der Waals surface area contributed by atoms with Gasteiger partial charge in [-0.2, -0.15) is 0 Å². The average Bonchev–Trinajstić information content (AvgIpc) is 3.23. The summed E-state index contributed by atoms with van der Waals surface area (Å²) in [5.74, 6) is 1.10. The Balaban J connectivity index is 1.52. The fourth-order valence-electron chi connectivity index (χ4n) is 4.43. The van der Waals surface area contributed by atoms with Crippen molar-refractivity contribution in [3.8, 4) is 23.1 Å². The molecule has 0 spiro atoms. The number of fused-ring (bicyclic) bond motifs is 1. The molecule has 0 aliphatic heterocycles. The van der Waals surface area contributed by atoms with E-state index < -0.39 is 5.97 Å². The first-order valence-electron chi connectivity index (χ1n) is 12.3. The summed E-state index contributed by atoms with van der Waals surface area (Å²) in [7, 11) is 1.62. The van der Waals surface area contributed by atoms with Crippen molar-refractivity contribution in [3.05, 3.63) is 94.7 Å². The summed E-state index contributed by atoms with van der Waals surface area (Å²) in [5, 5.41) is 3.99. The van der Waals surface area contributed by atoms with Gasteiger partial charge in [0, 0.05) is 33.1 Å². The zero-order valence-corrected chi connectivity index (χ0v) is 23.3. The third kappa shape index (κ3) is 5.26. The second kappa shape index (κ2) is 11.1. The van der Waals surface area contributed by atoms with Gasteiger partial charge in [0.25, 0.3) is 0 Å². The van der Waals surface area contributed by atoms with Crippen LogP contribution in [-0.4, -0.2) is 29.2 Å². The number of carbonyl (C=O) groups excluding carboxylic acids is 1. The van der Waals surface area contributed by atoms with E-state index in [1.807, 2.05) is 78.2 Å². The van der Waals surface area contributed by atoms with Crippen LogP contribution in [-0.2, 0) is 4.74 Å². The summed E-state index contributed by atoms with van der Waals surface area (Å²) in [6.07, 6.45) is 1.62. The van der Waals surface area contributed by atoms with Gasteiger partial charge >= 0.3 is 5.97 Å². The van der Waals surface area contributed by atoms with Crippen LogP contribution in [0.4, 0.5) is 17.1 Å². The Kier molecular flexibility index (Phi) is 7.42. The van der Waals surface area contributed by atoms with Crippen LogP contribution in [0.1, 0.15) is 23.0 Å². The van der Waals surface area contributed by atoms with Gasteiger partial charge < -0.3 is 29.8 Å². The molecule has 2 heterocycles. The zero-order chi connectivity index (χ0) is 27.5. The average molecular weight is 587 g/mol. The maximum absolute atomic E-state index is 13.0. The monoisotopic (exact) mass is 586 g/mol. The molecule has 0 unspecified atom stereocenters. The summed E-state index contributed by atoms with van der Waals surface area (Å²) in [6, 6.07) is 22.7. The third-order valence-electron chi connectivity index (χ3n) is 6.28. The molecule has 198 valence electrons. The van der Waals surface area contributed by atoms with E-state index in [1.165, 1.54) is 0 Å². The molecule has 0 atom stereocenters. The topological polar surface area (TPSA) is 101 Å². The fraction of sp³-hybridized carbons (Fsp3) is 0.133. The minimum absolute atomic E-state index is 0.245. The lowest BCUT2D eigenvalue weighted by Crippen LogP contribution is -2.07. The van der Waals surface area contributed by atoms with E-state index in [-0.39, 0.29) is 12.5 Å². The van der Waals surface area contributed by atoms with Crippen molar-refractivity contribution < 1.29 is 19.0 Å². The number of nitrogen functional groups attached to an aromatic ring is 1. The third-order valence-corrected chi connectivity index (χ3v) is 6.81. The molecule has 5 aromatic rings.